The monoisotopic (exact) mass is 450 g/mol. The van der Waals surface area contributed by atoms with Gasteiger partial charge in [-0.2, -0.15) is 0 Å². The van der Waals surface area contributed by atoms with Crippen LogP contribution in [0.2, 0.25) is 0 Å². The van der Waals surface area contributed by atoms with Crippen molar-refractivity contribution in [2.24, 2.45) is 10.4 Å². The minimum absolute atomic E-state index is 0. The van der Waals surface area contributed by atoms with Crippen LogP contribution in [0.4, 0.5) is 0 Å². The highest BCUT2D eigenvalue weighted by Gasteiger charge is 2.34. The van der Waals surface area contributed by atoms with Crippen LogP contribution in [0.25, 0.3) is 0 Å². The van der Waals surface area contributed by atoms with Gasteiger partial charge in [-0.1, -0.05) is 27.2 Å². The molecule has 1 fully saturated rings. The van der Waals surface area contributed by atoms with Gasteiger partial charge in [0, 0.05) is 37.9 Å². The zero-order chi connectivity index (χ0) is 16.0. The predicted octanol–water partition coefficient (Wildman–Crippen LogP) is 4.17. The normalized spacial score (nSPS) is 16.7. The highest BCUT2D eigenvalue weighted by atomic mass is 127. The van der Waals surface area contributed by atoms with Crippen molar-refractivity contribution in [2.45, 2.75) is 58.8 Å². The number of aliphatic imine (C=N–C) groups is 1. The molecular weight excluding hydrogens is 419 g/mol. The van der Waals surface area contributed by atoms with Crippen LogP contribution in [0.5, 0.6) is 0 Å². The lowest BCUT2D eigenvalue weighted by Gasteiger charge is -2.41. The largest absolute Gasteiger partial charge is 0.356 e. The summed E-state index contributed by atoms with van der Waals surface area (Å²) in [4.78, 5) is 9.00. The summed E-state index contributed by atoms with van der Waals surface area (Å²) in [6.45, 7) is 8.59. The number of thiazole rings is 1. The molecular formula is C17H31IN4S. The SMILES string of the molecule is CCC1(CNC(=NC)NCCc2csc(C(C)C)n2)CCC1.I. The Morgan fingerprint density at radius 1 is 1.39 bits per heavy atom. The molecule has 0 aliphatic heterocycles. The van der Waals surface area contributed by atoms with Gasteiger partial charge in [0.05, 0.1) is 10.7 Å². The number of rotatable bonds is 7. The van der Waals surface area contributed by atoms with Crippen molar-refractivity contribution >= 4 is 41.3 Å². The molecule has 1 aliphatic carbocycles. The van der Waals surface area contributed by atoms with Crippen LogP contribution in [-0.2, 0) is 6.42 Å². The fourth-order valence-electron chi connectivity index (χ4n) is 2.84. The zero-order valence-corrected chi connectivity index (χ0v) is 18.0. The molecule has 1 heterocycles. The van der Waals surface area contributed by atoms with Crippen LogP contribution in [-0.4, -0.2) is 31.1 Å². The van der Waals surface area contributed by atoms with E-state index in [1.165, 1.54) is 36.4 Å². The van der Waals surface area contributed by atoms with Crippen molar-refractivity contribution in [2.75, 3.05) is 20.1 Å². The second-order valence-corrected chi connectivity index (χ2v) is 7.53. The standard InChI is InChI=1S/C17H30N4S.HI/c1-5-17(8-6-9-17)12-20-16(18-4)19-10-7-14-11-22-15(21-14)13(2)3;/h11,13H,5-10,12H2,1-4H3,(H2,18,19,20);1H. The summed E-state index contributed by atoms with van der Waals surface area (Å²) in [5.41, 5.74) is 1.69. The Labute approximate surface area is 162 Å². The molecule has 0 bridgehead atoms. The molecule has 1 aliphatic rings. The van der Waals surface area contributed by atoms with Crippen molar-refractivity contribution in [1.29, 1.82) is 0 Å². The molecule has 0 radical (unpaired) electrons. The number of aromatic nitrogens is 1. The zero-order valence-electron chi connectivity index (χ0n) is 14.8. The van der Waals surface area contributed by atoms with E-state index in [0.717, 1.165) is 25.5 Å². The van der Waals surface area contributed by atoms with Gasteiger partial charge in [0.2, 0.25) is 0 Å². The Balaban J connectivity index is 0.00000264. The minimum Gasteiger partial charge on any atom is -0.356 e. The molecule has 2 N–H and O–H groups in total. The molecule has 1 saturated carbocycles. The lowest BCUT2D eigenvalue weighted by Crippen LogP contribution is -2.46. The van der Waals surface area contributed by atoms with E-state index < -0.39 is 0 Å². The third kappa shape index (κ3) is 5.89. The molecule has 4 nitrogen and oxygen atoms in total. The van der Waals surface area contributed by atoms with E-state index in [0.29, 0.717) is 11.3 Å². The van der Waals surface area contributed by atoms with Gasteiger partial charge < -0.3 is 10.6 Å². The topological polar surface area (TPSA) is 49.3 Å². The van der Waals surface area contributed by atoms with Gasteiger partial charge >= 0.3 is 0 Å². The van der Waals surface area contributed by atoms with Gasteiger partial charge in [-0.05, 0) is 24.7 Å². The highest BCUT2D eigenvalue weighted by molar-refractivity contribution is 14.0. The molecule has 0 spiro atoms. The van der Waals surface area contributed by atoms with Crippen LogP contribution in [0.3, 0.4) is 0 Å². The number of hydrogen-bond acceptors (Lipinski definition) is 3. The van der Waals surface area contributed by atoms with Crippen molar-refractivity contribution in [3.8, 4) is 0 Å². The molecule has 132 valence electrons. The Hall–Kier alpha value is -0.370. The third-order valence-corrected chi connectivity index (χ3v) is 5.95. The van der Waals surface area contributed by atoms with E-state index in [9.17, 15) is 0 Å². The Kier molecular flexibility index (Phi) is 8.82. The lowest BCUT2D eigenvalue weighted by atomic mass is 9.67. The number of halogens is 1. The predicted molar refractivity (Wildman–Crippen MR) is 111 cm³/mol. The molecule has 2 rings (SSSR count). The summed E-state index contributed by atoms with van der Waals surface area (Å²) in [5.74, 6) is 1.44. The van der Waals surface area contributed by atoms with Gasteiger partial charge in [-0.3, -0.25) is 4.99 Å². The summed E-state index contributed by atoms with van der Waals surface area (Å²) in [7, 11) is 1.84. The summed E-state index contributed by atoms with van der Waals surface area (Å²) in [5, 5.41) is 10.3. The molecule has 0 aromatic carbocycles. The van der Waals surface area contributed by atoms with E-state index in [4.69, 9.17) is 0 Å². The summed E-state index contributed by atoms with van der Waals surface area (Å²) >= 11 is 1.76. The second-order valence-electron chi connectivity index (χ2n) is 6.64. The minimum atomic E-state index is 0. The first kappa shape index (κ1) is 20.7. The maximum atomic E-state index is 4.67. The summed E-state index contributed by atoms with van der Waals surface area (Å²) in [6.07, 6.45) is 6.29. The number of guanidine groups is 1. The quantitative estimate of drug-likeness (QED) is 0.373. The second kappa shape index (κ2) is 9.81. The van der Waals surface area contributed by atoms with Gasteiger partial charge in [-0.25, -0.2) is 4.98 Å². The van der Waals surface area contributed by atoms with Gasteiger partial charge in [-0.15, -0.1) is 35.3 Å². The molecule has 0 saturated heterocycles. The van der Waals surface area contributed by atoms with Crippen LogP contribution < -0.4 is 10.6 Å². The maximum Gasteiger partial charge on any atom is 0.191 e. The van der Waals surface area contributed by atoms with Crippen LogP contribution in [0, 0.1) is 5.41 Å². The summed E-state index contributed by atoms with van der Waals surface area (Å²) in [6, 6.07) is 0. The third-order valence-electron chi connectivity index (χ3n) is 4.76. The maximum absolute atomic E-state index is 4.67. The number of nitrogens with one attached hydrogen (secondary N) is 2. The van der Waals surface area contributed by atoms with E-state index in [-0.39, 0.29) is 24.0 Å². The van der Waals surface area contributed by atoms with Crippen molar-refractivity contribution < 1.29 is 0 Å². The lowest BCUT2D eigenvalue weighted by molar-refractivity contribution is 0.131. The highest BCUT2D eigenvalue weighted by Crippen LogP contribution is 2.42. The molecule has 6 heteroatoms. The number of nitrogens with zero attached hydrogens (tertiary/aromatic N) is 2. The molecule has 1 aromatic heterocycles. The van der Waals surface area contributed by atoms with Gasteiger partial charge in [0.1, 0.15) is 0 Å². The fraction of sp³-hybridized carbons (Fsp3) is 0.765. The summed E-state index contributed by atoms with van der Waals surface area (Å²) < 4.78 is 0. The number of hydrogen-bond donors (Lipinski definition) is 2. The average Bonchev–Trinajstić information content (AvgIpc) is 2.93. The van der Waals surface area contributed by atoms with Crippen LogP contribution in [0.15, 0.2) is 10.4 Å². The first-order valence-corrected chi connectivity index (χ1v) is 9.35. The molecule has 0 atom stereocenters. The van der Waals surface area contributed by atoms with E-state index in [1.807, 2.05) is 7.05 Å². The molecule has 23 heavy (non-hydrogen) atoms. The van der Waals surface area contributed by atoms with Crippen LogP contribution in [0.1, 0.15) is 63.1 Å². The van der Waals surface area contributed by atoms with Crippen molar-refractivity contribution in [3.05, 3.63) is 16.1 Å². The van der Waals surface area contributed by atoms with Gasteiger partial charge in [0.15, 0.2) is 5.96 Å². The van der Waals surface area contributed by atoms with Crippen LogP contribution >= 0.6 is 35.3 Å². The Bertz CT molecular complexity index is 489. The molecule has 0 amide bonds. The molecule has 1 aromatic rings. The van der Waals surface area contributed by atoms with E-state index >= 15 is 0 Å². The average molecular weight is 450 g/mol. The van der Waals surface area contributed by atoms with E-state index in [2.05, 4.69) is 46.8 Å². The van der Waals surface area contributed by atoms with E-state index in [1.54, 1.807) is 11.3 Å². The van der Waals surface area contributed by atoms with Crippen molar-refractivity contribution in [3.63, 3.8) is 0 Å². The first-order valence-electron chi connectivity index (χ1n) is 8.47. The van der Waals surface area contributed by atoms with Gasteiger partial charge in [0.25, 0.3) is 0 Å². The first-order chi connectivity index (χ1) is 10.6. The fourth-order valence-corrected chi connectivity index (χ4v) is 3.71. The Morgan fingerprint density at radius 3 is 2.61 bits per heavy atom. The van der Waals surface area contributed by atoms with Crippen molar-refractivity contribution in [1.82, 2.24) is 15.6 Å². The molecule has 0 unspecified atom stereocenters. The Morgan fingerprint density at radius 2 is 2.13 bits per heavy atom. The smallest absolute Gasteiger partial charge is 0.191 e.